The first-order valence-electron chi connectivity index (χ1n) is 6.75. The minimum atomic E-state index is -0.0789. The fourth-order valence-electron chi connectivity index (χ4n) is 2.00. The van der Waals surface area contributed by atoms with Crippen LogP contribution in [0, 0.1) is 3.57 Å². The van der Waals surface area contributed by atoms with Gasteiger partial charge in [-0.25, -0.2) is 0 Å². The van der Waals surface area contributed by atoms with Crippen LogP contribution in [0.25, 0.3) is 0 Å². The quantitative estimate of drug-likeness (QED) is 0.754. The van der Waals surface area contributed by atoms with E-state index < -0.39 is 0 Å². The standard InChI is InChI=1S/C15H19ClIN3/c1-3-10(2)20-7-6-12(19-20)9-15(18)11-4-5-14(17)13(16)8-11/h4-8,10,15H,3,9,18H2,1-2H3. The lowest BCUT2D eigenvalue weighted by atomic mass is 10.0. The van der Waals surface area contributed by atoms with E-state index in [2.05, 4.69) is 41.5 Å². The highest BCUT2D eigenvalue weighted by atomic mass is 127. The smallest absolute Gasteiger partial charge is 0.0643 e. The van der Waals surface area contributed by atoms with Crippen LogP contribution in [-0.4, -0.2) is 9.78 Å². The third kappa shape index (κ3) is 3.74. The van der Waals surface area contributed by atoms with Gasteiger partial charge in [-0.3, -0.25) is 4.68 Å². The van der Waals surface area contributed by atoms with Crippen molar-refractivity contribution in [3.05, 3.63) is 50.3 Å². The highest BCUT2D eigenvalue weighted by molar-refractivity contribution is 14.1. The first-order valence-corrected chi connectivity index (χ1v) is 8.21. The summed E-state index contributed by atoms with van der Waals surface area (Å²) in [6, 6.07) is 8.36. The summed E-state index contributed by atoms with van der Waals surface area (Å²) in [7, 11) is 0. The molecular weight excluding hydrogens is 385 g/mol. The number of aromatic nitrogens is 2. The molecule has 0 spiro atoms. The molecule has 1 aromatic carbocycles. The van der Waals surface area contributed by atoms with Crippen molar-refractivity contribution in [1.29, 1.82) is 0 Å². The maximum absolute atomic E-state index is 6.25. The molecule has 1 aromatic heterocycles. The molecule has 0 amide bonds. The minimum Gasteiger partial charge on any atom is -0.324 e. The molecule has 2 unspecified atom stereocenters. The lowest BCUT2D eigenvalue weighted by molar-refractivity contribution is 0.472. The average Bonchev–Trinajstić information content (AvgIpc) is 2.89. The van der Waals surface area contributed by atoms with Gasteiger partial charge in [0.25, 0.3) is 0 Å². The number of hydrogen-bond donors (Lipinski definition) is 1. The SMILES string of the molecule is CCC(C)n1ccc(CC(N)c2ccc(I)c(Cl)c2)n1. The Bertz CT molecular complexity index is 582. The molecule has 0 aliphatic heterocycles. The van der Waals surface area contributed by atoms with Crippen LogP contribution in [0.2, 0.25) is 5.02 Å². The Morgan fingerprint density at radius 1 is 1.40 bits per heavy atom. The van der Waals surface area contributed by atoms with Gasteiger partial charge in [-0.15, -0.1) is 0 Å². The van der Waals surface area contributed by atoms with Crippen molar-refractivity contribution in [2.24, 2.45) is 5.73 Å². The molecule has 0 saturated heterocycles. The predicted molar refractivity (Wildman–Crippen MR) is 92.0 cm³/mol. The van der Waals surface area contributed by atoms with E-state index in [-0.39, 0.29) is 6.04 Å². The molecule has 2 atom stereocenters. The summed E-state index contributed by atoms with van der Waals surface area (Å²) in [5.41, 5.74) is 8.32. The lowest BCUT2D eigenvalue weighted by Crippen LogP contribution is -2.14. The van der Waals surface area contributed by atoms with Crippen LogP contribution in [0.1, 0.15) is 43.6 Å². The van der Waals surface area contributed by atoms with Crippen LogP contribution in [0.5, 0.6) is 0 Å². The molecule has 2 N–H and O–H groups in total. The molecule has 0 aliphatic carbocycles. The monoisotopic (exact) mass is 403 g/mol. The van der Waals surface area contributed by atoms with E-state index in [9.17, 15) is 0 Å². The summed E-state index contributed by atoms with van der Waals surface area (Å²) in [4.78, 5) is 0. The van der Waals surface area contributed by atoms with Gasteiger partial charge in [0, 0.05) is 28.3 Å². The maximum atomic E-state index is 6.25. The summed E-state index contributed by atoms with van der Waals surface area (Å²) >= 11 is 8.36. The molecule has 0 bridgehead atoms. The fourth-order valence-corrected chi connectivity index (χ4v) is 2.53. The van der Waals surface area contributed by atoms with Crippen molar-refractivity contribution in [2.75, 3.05) is 0 Å². The van der Waals surface area contributed by atoms with Gasteiger partial charge in [-0.05, 0) is 59.7 Å². The zero-order valence-corrected chi connectivity index (χ0v) is 14.6. The number of halogens is 2. The van der Waals surface area contributed by atoms with Crippen LogP contribution in [-0.2, 0) is 6.42 Å². The highest BCUT2D eigenvalue weighted by Gasteiger charge is 2.12. The average molecular weight is 404 g/mol. The normalized spacial score (nSPS) is 14.2. The molecule has 1 heterocycles. The molecule has 3 nitrogen and oxygen atoms in total. The minimum absolute atomic E-state index is 0.0789. The number of nitrogens with two attached hydrogens (primary N) is 1. The molecule has 108 valence electrons. The molecule has 0 fully saturated rings. The van der Waals surface area contributed by atoms with Gasteiger partial charge in [-0.2, -0.15) is 5.10 Å². The van der Waals surface area contributed by atoms with Gasteiger partial charge in [0.15, 0.2) is 0 Å². The number of hydrogen-bond acceptors (Lipinski definition) is 2. The molecule has 5 heteroatoms. The van der Waals surface area contributed by atoms with Gasteiger partial charge < -0.3 is 5.73 Å². The van der Waals surface area contributed by atoms with E-state index in [1.165, 1.54) is 0 Å². The van der Waals surface area contributed by atoms with E-state index in [1.54, 1.807) is 0 Å². The summed E-state index contributed by atoms with van der Waals surface area (Å²) in [5, 5.41) is 5.34. The molecule has 2 rings (SSSR count). The van der Waals surface area contributed by atoms with Crippen LogP contribution < -0.4 is 5.73 Å². The van der Waals surface area contributed by atoms with Gasteiger partial charge in [0.05, 0.1) is 10.7 Å². The Labute approximate surface area is 138 Å². The second-order valence-electron chi connectivity index (χ2n) is 5.03. The van der Waals surface area contributed by atoms with Gasteiger partial charge >= 0.3 is 0 Å². The highest BCUT2D eigenvalue weighted by Crippen LogP contribution is 2.24. The van der Waals surface area contributed by atoms with Crippen LogP contribution >= 0.6 is 34.2 Å². The number of benzene rings is 1. The largest absolute Gasteiger partial charge is 0.324 e. The van der Waals surface area contributed by atoms with Crippen LogP contribution in [0.4, 0.5) is 0 Å². The second kappa shape index (κ2) is 6.91. The van der Waals surface area contributed by atoms with Crippen LogP contribution in [0.3, 0.4) is 0 Å². The van der Waals surface area contributed by atoms with Crippen molar-refractivity contribution in [3.8, 4) is 0 Å². The molecular formula is C15H19ClIN3. The lowest BCUT2D eigenvalue weighted by Gasteiger charge is -2.12. The van der Waals surface area contributed by atoms with E-state index in [0.29, 0.717) is 6.04 Å². The molecule has 0 aliphatic rings. The Morgan fingerprint density at radius 2 is 2.15 bits per heavy atom. The zero-order chi connectivity index (χ0) is 14.7. The molecule has 2 aromatic rings. The van der Waals surface area contributed by atoms with Crippen LogP contribution in [0.15, 0.2) is 30.5 Å². The molecule has 20 heavy (non-hydrogen) atoms. The van der Waals surface area contributed by atoms with E-state index >= 15 is 0 Å². The summed E-state index contributed by atoms with van der Waals surface area (Å²) < 4.78 is 3.05. The van der Waals surface area contributed by atoms with E-state index in [0.717, 1.165) is 32.7 Å². The Morgan fingerprint density at radius 3 is 2.80 bits per heavy atom. The molecule has 0 saturated carbocycles. The molecule has 0 radical (unpaired) electrons. The van der Waals surface area contributed by atoms with Crippen molar-refractivity contribution in [2.45, 2.75) is 38.8 Å². The summed E-state index contributed by atoms with van der Waals surface area (Å²) in [6.45, 7) is 4.32. The van der Waals surface area contributed by atoms with E-state index in [1.807, 2.05) is 35.1 Å². The zero-order valence-electron chi connectivity index (χ0n) is 11.7. The van der Waals surface area contributed by atoms with E-state index in [4.69, 9.17) is 17.3 Å². The third-order valence-corrected chi connectivity index (χ3v) is 5.08. The van der Waals surface area contributed by atoms with Crippen molar-refractivity contribution >= 4 is 34.2 Å². The fraction of sp³-hybridized carbons (Fsp3) is 0.400. The topological polar surface area (TPSA) is 43.8 Å². The summed E-state index contributed by atoms with van der Waals surface area (Å²) in [6.07, 6.45) is 3.82. The predicted octanol–water partition coefficient (Wildman–Crippen LogP) is 4.35. The Kier molecular flexibility index (Phi) is 5.46. The van der Waals surface area contributed by atoms with Crippen molar-refractivity contribution < 1.29 is 0 Å². The first kappa shape index (κ1) is 15.8. The van der Waals surface area contributed by atoms with Gasteiger partial charge in [-0.1, -0.05) is 24.6 Å². The number of nitrogens with zero attached hydrogens (tertiary/aromatic N) is 2. The Balaban J connectivity index is 2.09. The first-order chi connectivity index (χ1) is 9.51. The maximum Gasteiger partial charge on any atom is 0.0643 e. The van der Waals surface area contributed by atoms with Crippen molar-refractivity contribution in [3.63, 3.8) is 0 Å². The van der Waals surface area contributed by atoms with Gasteiger partial charge in [0.1, 0.15) is 0 Å². The van der Waals surface area contributed by atoms with Gasteiger partial charge in [0.2, 0.25) is 0 Å². The summed E-state index contributed by atoms with van der Waals surface area (Å²) in [5.74, 6) is 0. The number of rotatable bonds is 5. The van der Waals surface area contributed by atoms with Crippen molar-refractivity contribution in [1.82, 2.24) is 9.78 Å². The third-order valence-electron chi connectivity index (χ3n) is 3.51. The Hall–Kier alpha value is -0.590. The second-order valence-corrected chi connectivity index (χ2v) is 6.60.